The summed E-state index contributed by atoms with van der Waals surface area (Å²) >= 11 is 0. The van der Waals surface area contributed by atoms with Gasteiger partial charge in [-0.05, 0) is 18.2 Å². The van der Waals surface area contributed by atoms with Gasteiger partial charge in [-0.2, -0.15) is 0 Å². The number of primary sulfonamides is 1. The molecule has 0 aliphatic rings. The molecule has 0 saturated carbocycles. The van der Waals surface area contributed by atoms with Gasteiger partial charge in [-0.15, -0.1) is 0 Å². The number of hydrogen-bond acceptors (Lipinski definition) is 3. The van der Waals surface area contributed by atoms with Crippen molar-refractivity contribution in [2.45, 2.75) is 18.7 Å². The summed E-state index contributed by atoms with van der Waals surface area (Å²) < 4.78 is 35.2. The van der Waals surface area contributed by atoms with E-state index in [1.54, 1.807) is 13.8 Å². The maximum absolute atomic E-state index is 13.1. The van der Waals surface area contributed by atoms with Crippen LogP contribution in [-0.2, 0) is 14.8 Å². The van der Waals surface area contributed by atoms with E-state index >= 15 is 0 Å². The zero-order valence-corrected chi connectivity index (χ0v) is 10.2. The minimum Gasteiger partial charge on any atom is -0.326 e. The molecule has 7 heteroatoms. The molecule has 1 aromatic rings. The molecule has 0 aliphatic heterocycles. The minimum absolute atomic E-state index is 0.0627. The van der Waals surface area contributed by atoms with Crippen LogP contribution in [-0.4, -0.2) is 14.3 Å². The predicted octanol–water partition coefficient (Wildman–Crippen LogP) is 1.07. The lowest BCUT2D eigenvalue weighted by molar-refractivity contribution is -0.118. The van der Waals surface area contributed by atoms with Crippen LogP contribution >= 0.6 is 0 Å². The molecule has 1 rings (SSSR count). The standard InChI is InChI=1S/C10H13FN2O3S/c1-6(2)10(14)13-8-3-7(11)4-9(5-8)17(12,15)16/h3-6H,1-2H3,(H,13,14)(H2,12,15,16). The molecule has 17 heavy (non-hydrogen) atoms. The summed E-state index contributed by atoms with van der Waals surface area (Å²) in [5.41, 5.74) is 0.0627. The maximum Gasteiger partial charge on any atom is 0.238 e. The monoisotopic (exact) mass is 260 g/mol. The molecule has 0 spiro atoms. The number of nitrogens with two attached hydrogens (primary N) is 1. The second-order valence-electron chi connectivity index (χ2n) is 3.86. The Morgan fingerprint density at radius 2 is 1.94 bits per heavy atom. The van der Waals surface area contributed by atoms with Crippen LogP contribution in [0.4, 0.5) is 10.1 Å². The lowest BCUT2D eigenvalue weighted by atomic mass is 10.2. The number of amides is 1. The number of carbonyl (C=O) groups excluding carboxylic acids is 1. The fourth-order valence-electron chi connectivity index (χ4n) is 1.09. The van der Waals surface area contributed by atoms with Crippen LogP contribution in [0, 0.1) is 11.7 Å². The van der Waals surface area contributed by atoms with Gasteiger partial charge in [0.25, 0.3) is 0 Å². The lowest BCUT2D eigenvalue weighted by Gasteiger charge is -2.09. The summed E-state index contributed by atoms with van der Waals surface area (Å²) in [4.78, 5) is 11.0. The molecule has 0 saturated heterocycles. The average molecular weight is 260 g/mol. The highest BCUT2D eigenvalue weighted by atomic mass is 32.2. The first-order valence-electron chi connectivity index (χ1n) is 4.84. The molecule has 0 fully saturated rings. The summed E-state index contributed by atoms with van der Waals surface area (Å²) in [6, 6.07) is 2.92. The zero-order valence-electron chi connectivity index (χ0n) is 9.40. The molecule has 0 bridgehead atoms. The lowest BCUT2D eigenvalue weighted by Crippen LogP contribution is -2.19. The van der Waals surface area contributed by atoms with Gasteiger partial charge in [-0.25, -0.2) is 17.9 Å². The van der Waals surface area contributed by atoms with Crippen molar-refractivity contribution < 1.29 is 17.6 Å². The topological polar surface area (TPSA) is 89.3 Å². The first-order valence-corrected chi connectivity index (χ1v) is 6.39. The van der Waals surface area contributed by atoms with Gasteiger partial charge in [-0.3, -0.25) is 4.79 Å². The summed E-state index contributed by atoms with van der Waals surface area (Å²) in [6.07, 6.45) is 0. The molecule has 3 N–H and O–H groups in total. The Labute approximate surface area is 98.9 Å². The van der Waals surface area contributed by atoms with E-state index in [1.807, 2.05) is 0 Å². The number of rotatable bonds is 3. The van der Waals surface area contributed by atoms with Gasteiger partial charge in [0, 0.05) is 11.6 Å². The first kappa shape index (κ1) is 13.6. The Bertz CT molecular complexity index is 540. The minimum atomic E-state index is -4.00. The second kappa shape index (κ2) is 4.80. The van der Waals surface area contributed by atoms with E-state index in [1.165, 1.54) is 0 Å². The smallest absolute Gasteiger partial charge is 0.238 e. The van der Waals surface area contributed by atoms with Gasteiger partial charge in [0.05, 0.1) is 4.90 Å². The number of benzene rings is 1. The Morgan fingerprint density at radius 3 is 2.41 bits per heavy atom. The molecule has 1 amide bonds. The van der Waals surface area contributed by atoms with Crippen LogP contribution in [0.1, 0.15) is 13.8 Å². The molecule has 94 valence electrons. The van der Waals surface area contributed by atoms with Crippen LogP contribution in [0.2, 0.25) is 0 Å². The van der Waals surface area contributed by atoms with E-state index in [9.17, 15) is 17.6 Å². The van der Waals surface area contributed by atoms with Crippen LogP contribution in [0.3, 0.4) is 0 Å². The summed E-state index contributed by atoms with van der Waals surface area (Å²) in [6.45, 7) is 3.32. The molecular formula is C10H13FN2O3S. The van der Waals surface area contributed by atoms with E-state index in [-0.39, 0.29) is 22.4 Å². The molecule has 0 aliphatic carbocycles. The van der Waals surface area contributed by atoms with Crippen molar-refractivity contribution in [2.24, 2.45) is 11.1 Å². The molecular weight excluding hydrogens is 247 g/mol. The Hall–Kier alpha value is -1.47. The van der Waals surface area contributed by atoms with Crippen LogP contribution in [0.25, 0.3) is 0 Å². The summed E-state index contributed by atoms with van der Waals surface area (Å²) in [5.74, 6) is -1.41. The van der Waals surface area contributed by atoms with E-state index in [0.717, 1.165) is 18.2 Å². The normalized spacial score (nSPS) is 11.6. The fraction of sp³-hybridized carbons (Fsp3) is 0.300. The third-order valence-corrected chi connectivity index (χ3v) is 2.88. The van der Waals surface area contributed by atoms with Crippen molar-refractivity contribution in [3.05, 3.63) is 24.0 Å². The Morgan fingerprint density at radius 1 is 1.35 bits per heavy atom. The molecule has 5 nitrogen and oxygen atoms in total. The van der Waals surface area contributed by atoms with Gasteiger partial charge in [-0.1, -0.05) is 13.8 Å². The zero-order chi connectivity index (χ0) is 13.2. The Kier molecular flexibility index (Phi) is 3.84. The van der Waals surface area contributed by atoms with E-state index < -0.39 is 15.8 Å². The highest BCUT2D eigenvalue weighted by Crippen LogP contribution is 2.17. The van der Waals surface area contributed by atoms with Gasteiger partial charge >= 0.3 is 0 Å². The van der Waals surface area contributed by atoms with Gasteiger partial charge in [0.15, 0.2) is 0 Å². The number of carbonyl (C=O) groups is 1. The van der Waals surface area contributed by atoms with Gasteiger partial charge < -0.3 is 5.32 Å². The summed E-state index contributed by atoms with van der Waals surface area (Å²) in [7, 11) is -4.00. The first-order chi connectivity index (χ1) is 7.70. The van der Waals surface area contributed by atoms with Crippen molar-refractivity contribution >= 4 is 21.6 Å². The van der Waals surface area contributed by atoms with E-state index in [4.69, 9.17) is 5.14 Å². The van der Waals surface area contributed by atoms with Crippen molar-refractivity contribution in [3.63, 3.8) is 0 Å². The van der Waals surface area contributed by atoms with E-state index in [0.29, 0.717) is 0 Å². The van der Waals surface area contributed by atoms with Crippen LogP contribution in [0.5, 0.6) is 0 Å². The highest BCUT2D eigenvalue weighted by molar-refractivity contribution is 7.89. The predicted molar refractivity (Wildman–Crippen MR) is 61.2 cm³/mol. The Balaban J connectivity index is 3.11. The number of sulfonamides is 1. The average Bonchev–Trinajstić information content (AvgIpc) is 2.15. The SMILES string of the molecule is CC(C)C(=O)Nc1cc(F)cc(S(N)(=O)=O)c1. The molecule has 0 radical (unpaired) electrons. The third kappa shape index (κ3) is 3.79. The molecule has 0 heterocycles. The largest absolute Gasteiger partial charge is 0.326 e. The molecule has 0 atom stereocenters. The number of nitrogens with one attached hydrogen (secondary N) is 1. The maximum atomic E-state index is 13.1. The van der Waals surface area contributed by atoms with Crippen LogP contribution in [0.15, 0.2) is 23.1 Å². The van der Waals surface area contributed by atoms with Crippen molar-refractivity contribution in [2.75, 3.05) is 5.32 Å². The quantitative estimate of drug-likeness (QED) is 0.851. The van der Waals surface area contributed by atoms with Gasteiger partial charge in [0.2, 0.25) is 15.9 Å². The highest BCUT2D eigenvalue weighted by Gasteiger charge is 2.13. The van der Waals surface area contributed by atoms with Crippen molar-refractivity contribution in [1.82, 2.24) is 0 Å². The van der Waals surface area contributed by atoms with E-state index in [2.05, 4.69) is 5.32 Å². The second-order valence-corrected chi connectivity index (χ2v) is 5.43. The number of halogens is 1. The number of hydrogen-bond donors (Lipinski definition) is 2. The molecule has 0 unspecified atom stereocenters. The molecule has 0 aromatic heterocycles. The third-order valence-electron chi connectivity index (χ3n) is 1.99. The van der Waals surface area contributed by atoms with Crippen LogP contribution < -0.4 is 10.5 Å². The van der Waals surface area contributed by atoms with Crippen molar-refractivity contribution in [3.8, 4) is 0 Å². The van der Waals surface area contributed by atoms with Gasteiger partial charge in [0.1, 0.15) is 5.82 Å². The fourth-order valence-corrected chi connectivity index (χ4v) is 1.65. The summed E-state index contributed by atoms with van der Waals surface area (Å²) in [5, 5.41) is 7.27. The van der Waals surface area contributed by atoms with Crippen molar-refractivity contribution in [1.29, 1.82) is 0 Å². The number of anilines is 1. The molecule has 1 aromatic carbocycles.